The van der Waals surface area contributed by atoms with Crippen LogP contribution in [0.25, 0.3) is 0 Å². The number of hydrogen-bond donors (Lipinski definition) is 3. The van der Waals surface area contributed by atoms with Crippen molar-refractivity contribution < 1.29 is 8.42 Å². The number of rotatable bonds is 5. The Bertz CT molecular complexity index is 587. The second-order valence-electron chi connectivity index (χ2n) is 4.06. The first kappa shape index (κ1) is 16.7. The molecule has 0 aliphatic carbocycles. The molecule has 0 heterocycles. The number of halogens is 1. The Balaban J connectivity index is 2.62. The lowest BCUT2D eigenvalue weighted by atomic mass is 10.2. The third kappa shape index (κ3) is 4.66. The maximum atomic E-state index is 12.1. The molecule has 0 saturated heterocycles. The van der Waals surface area contributed by atoms with Crippen LogP contribution in [0.5, 0.6) is 0 Å². The highest BCUT2D eigenvalue weighted by atomic mass is 35.5. The molecule has 0 aliphatic heterocycles. The molecule has 0 aromatic heterocycles. The van der Waals surface area contributed by atoms with Crippen LogP contribution in [0.1, 0.15) is 5.56 Å². The number of nitrogens with zero attached hydrogens (tertiary/aromatic N) is 1. The summed E-state index contributed by atoms with van der Waals surface area (Å²) in [6, 6.07) is 4.68. The van der Waals surface area contributed by atoms with Crippen molar-refractivity contribution in [2.75, 3.05) is 27.2 Å². The first-order chi connectivity index (χ1) is 9.40. The van der Waals surface area contributed by atoms with Gasteiger partial charge in [0.2, 0.25) is 10.0 Å². The first-order valence-corrected chi connectivity index (χ1v) is 7.91. The average molecular weight is 319 g/mol. The Morgan fingerprint density at radius 2 is 2.05 bits per heavy atom. The molecule has 1 aromatic rings. The van der Waals surface area contributed by atoms with E-state index in [4.69, 9.17) is 11.6 Å². The highest BCUT2D eigenvalue weighted by Crippen LogP contribution is 2.19. The van der Waals surface area contributed by atoms with E-state index in [1.54, 1.807) is 33.2 Å². The van der Waals surface area contributed by atoms with E-state index in [1.807, 2.05) is 0 Å². The van der Waals surface area contributed by atoms with Gasteiger partial charge < -0.3 is 10.6 Å². The number of hydrogen-bond acceptors (Lipinski definition) is 3. The topological polar surface area (TPSA) is 82.6 Å². The lowest BCUT2D eigenvalue weighted by Gasteiger charge is -2.11. The fraction of sp³-hybridized carbons (Fsp3) is 0.417. The molecular formula is C12H19ClN4O2S. The molecule has 8 heteroatoms. The van der Waals surface area contributed by atoms with Gasteiger partial charge in [0, 0.05) is 32.2 Å². The standard InChI is InChI=1S/C12H19ClN4O2S/c1-9-8-10(13)4-5-11(9)20(18,19)17-7-6-16-12(14-2)15-3/h4-5,8,17H,6-7H2,1-3H3,(H2,14,15,16). The van der Waals surface area contributed by atoms with Crippen molar-refractivity contribution >= 4 is 27.6 Å². The first-order valence-electron chi connectivity index (χ1n) is 6.05. The minimum Gasteiger partial charge on any atom is -0.359 e. The van der Waals surface area contributed by atoms with Crippen molar-refractivity contribution in [1.29, 1.82) is 0 Å². The SMILES string of the molecule is CN=C(NC)NCCNS(=O)(=O)c1ccc(Cl)cc1C. The van der Waals surface area contributed by atoms with Gasteiger partial charge in [0.1, 0.15) is 0 Å². The summed E-state index contributed by atoms with van der Waals surface area (Å²) in [5.74, 6) is 0.604. The Morgan fingerprint density at radius 3 is 2.60 bits per heavy atom. The molecule has 0 atom stereocenters. The van der Waals surface area contributed by atoms with E-state index in [9.17, 15) is 8.42 Å². The van der Waals surface area contributed by atoms with Crippen LogP contribution in [0.15, 0.2) is 28.1 Å². The fourth-order valence-corrected chi connectivity index (χ4v) is 3.12. The Labute approximate surface area is 124 Å². The van der Waals surface area contributed by atoms with Gasteiger partial charge in [-0.25, -0.2) is 13.1 Å². The molecule has 0 aliphatic rings. The Hall–Kier alpha value is -1.31. The molecule has 6 nitrogen and oxygen atoms in total. The number of aliphatic imine (C=N–C) groups is 1. The van der Waals surface area contributed by atoms with E-state index in [0.717, 1.165) is 0 Å². The quantitative estimate of drug-likeness (QED) is 0.424. The zero-order chi connectivity index (χ0) is 15.2. The van der Waals surface area contributed by atoms with Gasteiger partial charge in [0.05, 0.1) is 4.90 Å². The second kappa shape index (κ2) is 7.47. The van der Waals surface area contributed by atoms with Gasteiger partial charge in [-0.2, -0.15) is 0 Å². The summed E-state index contributed by atoms with van der Waals surface area (Å²) in [4.78, 5) is 4.16. The molecule has 0 bridgehead atoms. The molecule has 0 spiro atoms. The highest BCUT2D eigenvalue weighted by Gasteiger charge is 2.16. The summed E-state index contributed by atoms with van der Waals surface area (Å²) in [5.41, 5.74) is 0.615. The van der Waals surface area contributed by atoms with E-state index in [0.29, 0.717) is 23.1 Å². The molecule has 0 unspecified atom stereocenters. The van der Waals surface area contributed by atoms with E-state index in [1.165, 1.54) is 6.07 Å². The predicted octanol–water partition coefficient (Wildman–Crippen LogP) is 0.722. The molecule has 0 amide bonds. The Kier molecular flexibility index (Phi) is 6.25. The van der Waals surface area contributed by atoms with Crippen molar-refractivity contribution in [3.63, 3.8) is 0 Å². The van der Waals surface area contributed by atoms with Crippen LogP contribution >= 0.6 is 11.6 Å². The fourth-order valence-electron chi connectivity index (χ4n) is 1.64. The number of guanidine groups is 1. The largest absolute Gasteiger partial charge is 0.359 e. The highest BCUT2D eigenvalue weighted by molar-refractivity contribution is 7.89. The molecule has 0 radical (unpaired) electrons. The lowest BCUT2D eigenvalue weighted by Crippen LogP contribution is -2.40. The van der Waals surface area contributed by atoms with Crippen LogP contribution in [0.3, 0.4) is 0 Å². The summed E-state index contributed by atoms with van der Waals surface area (Å²) < 4.78 is 26.8. The maximum Gasteiger partial charge on any atom is 0.240 e. The average Bonchev–Trinajstić information content (AvgIpc) is 2.38. The second-order valence-corrected chi connectivity index (χ2v) is 6.23. The van der Waals surface area contributed by atoms with Crippen LogP contribution in [0, 0.1) is 6.92 Å². The molecule has 112 valence electrons. The van der Waals surface area contributed by atoms with E-state index in [2.05, 4.69) is 20.3 Å². The van der Waals surface area contributed by atoms with Gasteiger partial charge in [0.15, 0.2) is 5.96 Å². The van der Waals surface area contributed by atoms with Gasteiger partial charge >= 0.3 is 0 Å². The Morgan fingerprint density at radius 1 is 1.35 bits per heavy atom. The number of aryl methyl sites for hydroxylation is 1. The number of benzene rings is 1. The minimum atomic E-state index is -3.53. The van der Waals surface area contributed by atoms with Gasteiger partial charge in [-0.1, -0.05) is 11.6 Å². The van der Waals surface area contributed by atoms with E-state index in [-0.39, 0.29) is 11.4 Å². The van der Waals surface area contributed by atoms with Crippen LogP contribution < -0.4 is 15.4 Å². The van der Waals surface area contributed by atoms with E-state index < -0.39 is 10.0 Å². The summed E-state index contributed by atoms with van der Waals surface area (Å²) in [6.45, 7) is 2.39. The lowest BCUT2D eigenvalue weighted by molar-refractivity contribution is 0.580. The van der Waals surface area contributed by atoms with Gasteiger partial charge in [-0.3, -0.25) is 4.99 Å². The van der Waals surface area contributed by atoms with Crippen molar-refractivity contribution in [2.24, 2.45) is 4.99 Å². The molecule has 1 aromatic carbocycles. The normalized spacial score (nSPS) is 12.3. The van der Waals surface area contributed by atoms with Gasteiger partial charge in [-0.05, 0) is 30.7 Å². The van der Waals surface area contributed by atoms with Crippen LogP contribution in [0.2, 0.25) is 5.02 Å². The van der Waals surface area contributed by atoms with Crippen molar-refractivity contribution in [2.45, 2.75) is 11.8 Å². The molecule has 0 fully saturated rings. The van der Waals surface area contributed by atoms with Crippen molar-refractivity contribution in [1.82, 2.24) is 15.4 Å². The zero-order valence-electron chi connectivity index (χ0n) is 11.7. The van der Waals surface area contributed by atoms with E-state index >= 15 is 0 Å². The van der Waals surface area contributed by atoms with Crippen molar-refractivity contribution in [3.05, 3.63) is 28.8 Å². The summed E-state index contributed by atoms with van der Waals surface area (Å²) in [5, 5.41) is 6.32. The predicted molar refractivity (Wildman–Crippen MR) is 81.8 cm³/mol. The zero-order valence-corrected chi connectivity index (χ0v) is 13.3. The summed E-state index contributed by atoms with van der Waals surface area (Å²) in [6.07, 6.45) is 0. The van der Waals surface area contributed by atoms with Crippen LogP contribution in [0.4, 0.5) is 0 Å². The molecule has 3 N–H and O–H groups in total. The summed E-state index contributed by atoms with van der Waals surface area (Å²) >= 11 is 5.82. The monoisotopic (exact) mass is 318 g/mol. The molecule has 0 saturated carbocycles. The van der Waals surface area contributed by atoms with Crippen molar-refractivity contribution in [3.8, 4) is 0 Å². The number of sulfonamides is 1. The van der Waals surface area contributed by atoms with Gasteiger partial charge in [0.25, 0.3) is 0 Å². The third-order valence-corrected chi connectivity index (χ3v) is 4.45. The molecular weight excluding hydrogens is 300 g/mol. The molecule has 20 heavy (non-hydrogen) atoms. The van der Waals surface area contributed by atoms with Gasteiger partial charge in [-0.15, -0.1) is 0 Å². The maximum absolute atomic E-state index is 12.1. The van der Waals surface area contributed by atoms with Crippen LogP contribution in [-0.4, -0.2) is 41.6 Å². The summed E-state index contributed by atoms with van der Waals surface area (Å²) in [7, 11) is -0.156. The van der Waals surface area contributed by atoms with Crippen LogP contribution in [-0.2, 0) is 10.0 Å². The number of nitrogens with one attached hydrogen (secondary N) is 3. The minimum absolute atomic E-state index is 0.236. The molecule has 1 rings (SSSR count). The third-order valence-electron chi connectivity index (χ3n) is 2.60. The smallest absolute Gasteiger partial charge is 0.240 e.